The molecule has 5 heteroatoms. The molecule has 0 spiro atoms. The summed E-state index contributed by atoms with van der Waals surface area (Å²) in [4.78, 5) is 4.41. The van der Waals surface area contributed by atoms with Crippen molar-refractivity contribution < 1.29 is 4.74 Å². The normalized spacial score (nSPS) is 10.4. The first kappa shape index (κ1) is 13.6. The van der Waals surface area contributed by atoms with Crippen molar-refractivity contribution in [3.63, 3.8) is 0 Å². The van der Waals surface area contributed by atoms with E-state index < -0.39 is 0 Å². The van der Waals surface area contributed by atoms with Gasteiger partial charge in [0.25, 0.3) is 0 Å². The minimum absolute atomic E-state index is 0.734. The highest BCUT2D eigenvalue weighted by Crippen LogP contribution is 2.21. The first-order valence-electron chi connectivity index (χ1n) is 5.17. The average Bonchev–Trinajstić information content (AvgIpc) is 2.31. The van der Waals surface area contributed by atoms with E-state index in [0.717, 1.165) is 41.1 Å². The SMILES string of the molecule is CNc1ccc(Cl)c(CSCCCOC)n1. The van der Waals surface area contributed by atoms with Crippen LogP contribution in [0.2, 0.25) is 5.02 Å². The van der Waals surface area contributed by atoms with Gasteiger partial charge in [0.15, 0.2) is 0 Å². The Morgan fingerprint density at radius 3 is 3.00 bits per heavy atom. The van der Waals surface area contributed by atoms with Gasteiger partial charge in [-0.1, -0.05) is 11.6 Å². The molecule has 0 aliphatic carbocycles. The van der Waals surface area contributed by atoms with Gasteiger partial charge in [-0.3, -0.25) is 0 Å². The molecule has 16 heavy (non-hydrogen) atoms. The van der Waals surface area contributed by atoms with Crippen molar-refractivity contribution in [3.8, 4) is 0 Å². The largest absolute Gasteiger partial charge is 0.385 e. The number of aromatic nitrogens is 1. The Hall–Kier alpha value is -0.450. The lowest BCUT2D eigenvalue weighted by molar-refractivity contribution is 0.200. The van der Waals surface area contributed by atoms with Gasteiger partial charge in [-0.15, -0.1) is 0 Å². The van der Waals surface area contributed by atoms with Crippen LogP contribution < -0.4 is 5.32 Å². The third-order valence-corrected chi connectivity index (χ3v) is 3.45. The highest BCUT2D eigenvalue weighted by molar-refractivity contribution is 7.98. The van der Waals surface area contributed by atoms with Crippen LogP contribution in [-0.2, 0) is 10.5 Å². The van der Waals surface area contributed by atoms with Crippen LogP contribution in [-0.4, -0.2) is 31.5 Å². The van der Waals surface area contributed by atoms with Crippen LogP contribution in [0.25, 0.3) is 0 Å². The van der Waals surface area contributed by atoms with Crippen LogP contribution in [0.3, 0.4) is 0 Å². The highest BCUT2D eigenvalue weighted by Gasteiger charge is 2.03. The van der Waals surface area contributed by atoms with Gasteiger partial charge in [0, 0.05) is 26.5 Å². The number of methoxy groups -OCH3 is 1. The van der Waals surface area contributed by atoms with E-state index in [2.05, 4.69) is 10.3 Å². The van der Waals surface area contributed by atoms with E-state index in [1.54, 1.807) is 7.11 Å². The van der Waals surface area contributed by atoms with E-state index in [1.807, 2.05) is 30.9 Å². The second-order valence-electron chi connectivity index (χ2n) is 3.27. The molecular formula is C11H17ClN2OS. The fourth-order valence-electron chi connectivity index (χ4n) is 1.20. The van der Waals surface area contributed by atoms with Gasteiger partial charge < -0.3 is 10.1 Å². The second-order valence-corrected chi connectivity index (χ2v) is 4.79. The Labute approximate surface area is 106 Å². The summed E-state index contributed by atoms with van der Waals surface area (Å²) in [5.41, 5.74) is 0.941. The Bertz CT molecular complexity index is 323. The third kappa shape index (κ3) is 4.60. The Morgan fingerprint density at radius 2 is 2.31 bits per heavy atom. The molecule has 0 saturated carbocycles. The fraction of sp³-hybridized carbons (Fsp3) is 0.545. The maximum atomic E-state index is 6.06. The van der Waals surface area contributed by atoms with Crippen LogP contribution in [0.15, 0.2) is 12.1 Å². The summed E-state index contributed by atoms with van der Waals surface area (Å²) in [5.74, 6) is 2.77. The molecule has 1 aromatic rings. The lowest BCUT2D eigenvalue weighted by Crippen LogP contribution is -1.97. The smallest absolute Gasteiger partial charge is 0.126 e. The molecule has 0 radical (unpaired) electrons. The monoisotopic (exact) mass is 260 g/mol. The van der Waals surface area contributed by atoms with Gasteiger partial charge in [-0.25, -0.2) is 4.98 Å². The number of pyridine rings is 1. The molecule has 0 aliphatic rings. The summed E-state index contributed by atoms with van der Waals surface area (Å²) in [5, 5.41) is 3.74. The highest BCUT2D eigenvalue weighted by atomic mass is 35.5. The molecule has 0 fully saturated rings. The van der Waals surface area contributed by atoms with Crippen LogP contribution in [0.5, 0.6) is 0 Å². The number of hydrogen-bond acceptors (Lipinski definition) is 4. The minimum Gasteiger partial charge on any atom is -0.385 e. The molecule has 1 N–H and O–H groups in total. The lowest BCUT2D eigenvalue weighted by Gasteiger charge is -2.06. The van der Waals surface area contributed by atoms with Crippen molar-refractivity contribution in [1.82, 2.24) is 4.98 Å². The van der Waals surface area contributed by atoms with Crippen LogP contribution in [0, 0.1) is 0 Å². The van der Waals surface area contributed by atoms with Crippen molar-refractivity contribution in [2.24, 2.45) is 0 Å². The number of ether oxygens (including phenoxy) is 1. The fourth-order valence-corrected chi connectivity index (χ4v) is 2.33. The molecular weight excluding hydrogens is 244 g/mol. The van der Waals surface area contributed by atoms with E-state index in [4.69, 9.17) is 16.3 Å². The van der Waals surface area contributed by atoms with Crippen LogP contribution >= 0.6 is 23.4 Å². The quantitative estimate of drug-likeness (QED) is 0.764. The Morgan fingerprint density at radius 1 is 1.50 bits per heavy atom. The molecule has 3 nitrogen and oxygen atoms in total. The zero-order valence-corrected chi connectivity index (χ0v) is 11.2. The number of hydrogen-bond donors (Lipinski definition) is 1. The molecule has 0 atom stereocenters. The summed E-state index contributed by atoms with van der Waals surface area (Å²) >= 11 is 7.89. The molecule has 0 bridgehead atoms. The number of nitrogens with zero attached hydrogens (tertiary/aromatic N) is 1. The van der Waals surface area contributed by atoms with E-state index in [0.29, 0.717) is 0 Å². The van der Waals surface area contributed by atoms with Gasteiger partial charge in [0.2, 0.25) is 0 Å². The second kappa shape index (κ2) is 7.76. The van der Waals surface area contributed by atoms with Crippen LogP contribution in [0.4, 0.5) is 5.82 Å². The number of thioether (sulfide) groups is 1. The first-order valence-corrected chi connectivity index (χ1v) is 6.71. The average molecular weight is 261 g/mol. The van der Waals surface area contributed by atoms with E-state index in [9.17, 15) is 0 Å². The number of rotatable bonds is 7. The van der Waals surface area contributed by atoms with E-state index in [1.165, 1.54) is 0 Å². The summed E-state index contributed by atoms with van der Waals surface area (Å²) in [6.45, 7) is 0.810. The minimum atomic E-state index is 0.734. The summed E-state index contributed by atoms with van der Waals surface area (Å²) < 4.78 is 4.99. The molecule has 1 rings (SSSR count). The lowest BCUT2D eigenvalue weighted by atomic mass is 10.3. The molecule has 1 aromatic heterocycles. The van der Waals surface area contributed by atoms with E-state index in [-0.39, 0.29) is 0 Å². The third-order valence-electron chi connectivity index (χ3n) is 2.05. The standard InChI is InChI=1S/C11H17ClN2OS/c1-13-11-5-4-9(12)10(14-11)8-16-7-3-6-15-2/h4-5H,3,6-8H2,1-2H3,(H,13,14). The van der Waals surface area contributed by atoms with Gasteiger partial charge in [-0.2, -0.15) is 11.8 Å². The van der Waals surface area contributed by atoms with Crippen LogP contribution in [0.1, 0.15) is 12.1 Å². The maximum Gasteiger partial charge on any atom is 0.126 e. The number of anilines is 1. The van der Waals surface area contributed by atoms with Crippen molar-refractivity contribution in [2.45, 2.75) is 12.2 Å². The molecule has 0 unspecified atom stereocenters. The van der Waals surface area contributed by atoms with Crippen molar-refractivity contribution in [3.05, 3.63) is 22.8 Å². The maximum absolute atomic E-state index is 6.06. The van der Waals surface area contributed by atoms with Gasteiger partial charge in [-0.05, 0) is 24.3 Å². The zero-order valence-electron chi connectivity index (χ0n) is 9.62. The molecule has 0 amide bonds. The zero-order chi connectivity index (χ0) is 11.8. The Kier molecular flexibility index (Phi) is 6.61. The summed E-state index contributed by atoms with van der Waals surface area (Å²) in [7, 11) is 3.57. The Balaban J connectivity index is 2.40. The van der Waals surface area contributed by atoms with Gasteiger partial charge in [0.05, 0.1) is 10.7 Å². The van der Waals surface area contributed by atoms with Gasteiger partial charge >= 0.3 is 0 Å². The van der Waals surface area contributed by atoms with Gasteiger partial charge in [0.1, 0.15) is 5.82 Å². The first-order chi connectivity index (χ1) is 7.77. The predicted octanol–water partition coefficient (Wildman–Crippen LogP) is 3.05. The molecule has 0 aliphatic heterocycles. The molecule has 1 heterocycles. The predicted molar refractivity (Wildman–Crippen MR) is 71.4 cm³/mol. The molecule has 0 aromatic carbocycles. The van der Waals surface area contributed by atoms with Crippen molar-refractivity contribution in [2.75, 3.05) is 31.8 Å². The molecule has 90 valence electrons. The summed E-state index contributed by atoms with van der Waals surface area (Å²) in [6.07, 6.45) is 1.06. The number of halogens is 1. The molecule has 0 saturated heterocycles. The van der Waals surface area contributed by atoms with Crippen molar-refractivity contribution in [1.29, 1.82) is 0 Å². The summed E-state index contributed by atoms with van der Waals surface area (Å²) in [6, 6.07) is 3.76. The van der Waals surface area contributed by atoms with Crippen molar-refractivity contribution >= 4 is 29.2 Å². The topological polar surface area (TPSA) is 34.1 Å². The number of nitrogens with one attached hydrogen (secondary N) is 1. The van der Waals surface area contributed by atoms with E-state index >= 15 is 0 Å².